The van der Waals surface area contributed by atoms with E-state index in [1.54, 1.807) is 66.5 Å². The molecule has 0 radical (unpaired) electrons. The van der Waals surface area contributed by atoms with E-state index in [9.17, 15) is 44.5 Å². The van der Waals surface area contributed by atoms with E-state index in [1.807, 2.05) is 35.9 Å². The molecule has 1 aliphatic carbocycles. The van der Waals surface area contributed by atoms with Gasteiger partial charge in [-0.3, -0.25) is 18.4 Å². The van der Waals surface area contributed by atoms with Crippen LogP contribution < -0.4 is 14.8 Å². The Morgan fingerprint density at radius 3 is 2.15 bits per heavy atom. The van der Waals surface area contributed by atoms with Crippen LogP contribution >= 0.6 is 0 Å². The molecule has 1 N–H and O–H groups in total. The molecule has 19 heteroatoms. The summed E-state index contributed by atoms with van der Waals surface area (Å²) in [5, 5.41) is 1.75. The monoisotopic (exact) mass is 898 g/mol. The second-order valence-corrected chi connectivity index (χ2v) is 19.1. The van der Waals surface area contributed by atoms with Crippen LogP contribution in [0.5, 0.6) is 0 Å². The van der Waals surface area contributed by atoms with Crippen LogP contribution in [-0.2, 0) is 50.4 Å². The van der Waals surface area contributed by atoms with Gasteiger partial charge in [-0.15, -0.1) is 5.06 Å². The van der Waals surface area contributed by atoms with Crippen molar-refractivity contribution in [3.05, 3.63) is 115 Å². The number of hydroxylamine groups is 2. The minimum absolute atomic E-state index is 0.0141. The summed E-state index contributed by atoms with van der Waals surface area (Å²) in [5.41, 5.74) is 3.84. The first-order chi connectivity index (χ1) is 29.5. The Kier molecular flexibility index (Phi) is 11.4. The minimum atomic E-state index is -4.41. The molecule has 0 spiro atoms. The van der Waals surface area contributed by atoms with Crippen molar-refractivity contribution in [2.75, 3.05) is 32.1 Å². The number of benzene rings is 5. The van der Waals surface area contributed by atoms with Crippen molar-refractivity contribution < 1.29 is 53.8 Å². The second-order valence-electron chi connectivity index (χ2n) is 14.8. The standard InChI is InChI=1S/C43H38N4O12S3/c1-44(28-7-13-32(14-8-28)60(51)52)30-11-17-34-37(25-30)58-38-26-31(45(2)29-9-15-33(16-10-29)62(55,56)57)12-18-35(38)42(34)36-5-3-4-6-39(36)61(53,54)46-23-21-27(22-24-46)43(50)59-47-40(48)19-20-41(47)49/h3-18,25-27H,19-24H2,1-2H3,(H-,51,52,55,56,57). The Hall–Kier alpha value is -6.09. The number of hydrogen-bond donors (Lipinski definition) is 1. The van der Waals surface area contributed by atoms with Crippen LogP contribution in [0.15, 0.2) is 128 Å². The third kappa shape index (κ3) is 8.17. The molecular formula is C43H38N4O12S3. The van der Waals surface area contributed by atoms with Crippen LogP contribution in [0.3, 0.4) is 0 Å². The lowest BCUT2D eigenvalue weighted by molar-refractivity contribution is -0.201. The number of amides is 2. The summed E-state index contributed by atoms with van der Waals surface area (Å²) in [5.74, 6) is -2.29. The zero-order chi connectivity index (χ0) is 44.1. The highest BCUT2D eigenvalue weighted by Gasteiger charge is 2.38. The van der Waals surface area contributed by atoms with Gasteiger partial charge in [0.15, 0.2) is 0 Å². The Morgan fingerprint density at radius 2 is 1.50 bits per heavy atom. The molecule has 16 nitrogen and oxygen atoms in total. The van der Waals surface area contributed by atoms with E-state index in [2.05, 4.69) is 0 Å². The van der Waals surface area contributed by atoms with E-state index in [0.717, 1.165) is 0 Å². The number of rotatable bonds is 10. The van der Waals surface area contributed by atoms with Gasteiger partial charge in [0.05, 0.1) is 21.8 Å². The van der Waals surface area contributed by atoms with Crippen molar-refractivity contribution in [2.24, 2.45) is 5.92 Å². The highest BCUT2D eigenvalue weighted by molar-refractivity contribution is 7.89. The molecule has 4 aromatic rings. The number of carbonyl (C=O) groups excluding carboxylic acids is 3. The van der Waals surface area contributed by atoms with Crippen LogP contribution in [0.2, 0.25) is 0 Å². The van der Waals surface area contributed by atoms with Gasteiger partial charge < -0.3 is 18.7 Å². The van der Waals surface area contributed by atoms with Gasteiger partial charge in [-0.2, -0.15) is 17.3 Å². The van der Waals surface area contributed by atoms with Gasteiger partial charge in [0.1, 0.15) is 18.4 Å². The van der Waals surface area contributed by atoms with E-state index in [4.69, 9.17) is 9.25 Å². The Morgan fingerprint density at radius 1 is 0.855 bits per heavy atom. The van der Waals surface area contributed by atoms with Crippen molar-refractivity contribution in [3.63, 3.8) is 0 Å². The van der Waals surface area contributed by atoms with Crippen LogP contribution in [0.4, 0.5) is 17.1 Å². The van der Waals surface area contributed by atoms with Crippen molar-refractivity contribution in [1.82, 2.24) is 13.9 Å². The van der Waals surface area contributed by atoms with Gasteiger partial charge >= 0.3 is 5.97 Å². The molecule has 0 bridgehead atoms. The fourth-order valence-corrected chi connectivity index (χ4v) is 10.2. The average molecular weight is 899 g/mol. The lowest BCUT2D eigenvalue weighted by Crippen LogP contribution is -2.42. The molecule has 0 aromatic heterocycles. The zero-order valence-electron chi connectivity index (χ0n) is 33.2. The van der Waals surface area contributed by atoms with E-state index >= 15 is 0 Å². The number of hydrogen-bond acceptors (Lipinski definition) is 12. The maximum atomic E-state index is 14.6. The molecule has 3 heterocycles. The first-order valence-corrected chi connectivity index (χ1v) is 23.2. The van der Waals surface area contributed by atoms with Crippen molar-refractivity contribution in [3.8, 4) is 22.5 Å². The molecule has 2 amide bonds. The predicted octanol–water partition coefficient (Wildman–Crippen LogP) is 5.20. The van der Waals surface area contributed by atoms with Gasteiger partial charge in [-0.05, 0) is 84.6 Å². The topological polar surface area (TPSA) is 215 Å². The molecule has 8 rings (SSSR count). The normalized spacial score (nSPS) is 16.5. The second kappa shape index (κ2) is 16.6. The quantitative estimate of drug-likeness (QED) is 0.0616. The number of piperidine rings is 1. The Labute approximate surface area is 358 Å². The average Bonchev–Trinajstić information content (AvgIpc) is 3.59. The summed E-state index contributed by atoms with van der Waals surface area (Å²) in [6.07, 6.45) is 0.127. The van der Waals surface area contributed by atoms with Crippen molar-refractivity contribution in [1.29, 1.82) is 0 Å². The van der Waals surface area contributed by atoms with Gasteiger partial charge in [0.25, 0.3) is 21.9 Å². The lowest BCUT2D eigenvalue weighted by atomic mass is 9.93. The summed E-state index contributed by atoms with van der Waals surface area (Å²) in [6, 6.07) is 29.5. The van der Waals surface area contributed by atoms with E-state index in [1.165, 1.54) is 34.6 Å². The Balaban J connectivity index is 1.21. The van der Waals surface area contributed by atoms with E-state index in [-0.39, 0.29) is 53.5 Å². The molecule has 3 aliphatic heterocycles. The molecule has 4 aromatic carbocycles. The molecule has 4 aliphatic rings. The molecule has 0 saturated carbocycles. The zero-order valence-corrected chi connectivity index (χ0v) is 35.6. The van der Waals surface area contributed by atoms with E-state index in [0.29, 0.717) is 60.9 Å². The predicted molar refractivity (Wildman–Crippen MR) is 226 cm³/mol. The number of imide groups is 1. The number of nitrogens with zero attached hydrogens (tertiary/aromatic N) is 4. The van der Waals surface area contributed by atoms with Crippen LogP contribution in [0, 0.1) is 5.92 Å². The van der Waals surface area contributed by atoms with Gasteiger partial charge in [0, 0.05) is 95.6 Å². The molecule has 2 saturated heterocycles. The van der Waals surface area contributed by atoms with E-state index < -0.39 is 54.9 Å². The minimum Gasteiger partial charge on any atom is -0.768 e. The summed E-state index contributed by atoms with van der Waals surface area (Å²) in [7, 11) is -5.03. The van der Waals surface area contributed by atoms with Gasteiger partial charge in [0.2, 0.25) is 21.1 Å². The molecule has 1 unspecified atom stereocenters. The van der Waals surface area contributed by atoms with Crippen LogP contribution in [-0.4, -0.2) is 84.5 Å². The number of sulfonamides is 1. The first kappa shape index (κ1) is 42.6. The fraction of sp³-hybridized carbons (Fsp3) is 0.209. The number of carbonyl (C=O) groups is 3. The first-order valence-electron chi connectivity index (χ1n) is 19.3. The van der Waals surface area contributed by atoms with Crippen LogP contribution in [0.25, 0.3) is 33.4 Å². The summed E-state index contributed by atoms with van der Waals surface area (Å²) < 4.78 is 94.9. The highest BCUT2D eigenvalue weighted by atomic mass is 32.2. The third-order valence-corrected chi connectivity index (χ3v) is 14.6. The van der Waals surface area contributed by atoms with Crippen molar-refractivity contribution in [2.45, 2.75) is 40.4 Å². The SMILES string of the molecule is CN(c1ccc(S(=O)(=O)O)cc1)c1ccc2c(-c3ccccc3S(=O)(=O)N3CCC(C(=O)ON4C(=O)CCC4=O)CC3)c3ccc(=[N+](C)c4ccc(S(=O)[O-])cc4)cc-3oc2c1. The summed E-state index contributed by atoms with van der Waals surface area (Å²) in [4.78, 5) is 43.8. The summed E-state index contributed by atoms with van der Waals surface area (Å²) >= 11 is -2.40. The maximum Gasteiger partial charge on any atom is 0.336 e. The Bertz CT molecular complexity index is 3060. The lowest BCUT2D eigenvalue weighted by Gasteiger charge is -2.31. The van der Waals surface area contributed by atoms with Crippen LogP contribution in [0.1, 0.15) is 25.7 Å². The molecule has 320 valence electrons. The largest absolute Gasteiger partial charge is 0.768 e. The fourth-order valence-electron chi connectivity index (χ4n) is 7.69. The number of fused-ring (bicyclic) bond motifs is 2. The third-order valence-electron chi connectivity index (χ3n) is 11.2. The molecule has 2 fully saturated rings. The summed E-state index contributed by atoms with van der Waals surface area (Å²) in [6.45, 7) is -0.0431. The molecular weight excluding hydrogens is 861 g/mol. The van der Waals surface area contributed by atoms with Gasteiger partial charge in [-0.25, -0.2) is 13.2 Å². The highest BCUT2D eigenvalue weighted by Crippen LogP contribution is 2.44. The van der Waals surface area contributed by atoms with Gasteiger partial charge in [-0.1, -0.05) is 18.2 Å². The maximum absolute atomic E-state index is 14.6. The van der Waals surface area contributed by atoms with Crippen molar-refractivity contribution >= 4 is 77.0 Å². The molecule has 62 heavy (non-hydrogen) atoms. The smallest absolute Gasteiger partial charge is 0.336 e. The number of anilines is 2. The molecule has 1 atom stereocenters.